The number of halogens is 3. The summed E-state index contributed by atoms with van der Waals surface area (Å²) < 4.78 is 32.5. The molecule has 0 saturated heterocycles. The van der Waals surface area contributed by atoms with Crippen LogP contribution in [-0.2, 0) is 0 Å². The number of methoxy groups -OCH3 is 1. The van der Waals surface area contributed by atoms with E-state index in [0.717, 1.165) is 12.1 Å². The first-order valence-electron chi connectivity index (χ1n) is 7.65. The molecule has 0 aromatic heterocycles. The highest BCUT2D eigenvalue weighted by molar-refractivity contribution is 9.12. The van der Waals surface area contributed by atoms with Gasteiger partial charge in [-0.05, 0) is 46.3 Å². The summed E-state index contributed by atoms with van der Waals surface area (Å²) in [7, 11) is 3.09. The Morgan fingerprint density at radius 3 is 2.56 bits per heavy atom. The Balaban J connectivity index is 2.26. The van der Waals surface area contributed by atoms with E-state index in [4.69, 9.17) is 10.5 Å². The van der Waals surface area contributed by atoms with Gasteiger partial charge in [0.2, 0.25) is 0 Å². The minimum Gasteiger partial charge on any atom is -0.496 e. The molecule has 6 nitrogen and oxygen atoms in total. The number of carbonyl (C=O) groups is 1. The summed E-state index contributed by atoms with van der Waals surface area (Å²) >= 11 is 3.31. The van der Waals surface area contributed by atoms with Gasteiger partial charge in [0.15, 0.2) is 0 Å². The number of amides is 2. The number of aliphatic imine (C=N–C) groups is 1. The largest absolute Gasteiger partial charge is 0.496 e. The minimum absolute atomic E-state index is 0.146. The van der Waals surface area contributed by atoms with Crippen LogP contribution < -0.4 is 21.1 Å². The Bertz CT molecular complexity index is 916. The van der Waals surface area contributed by atoms with Gasteiger partial charge in [-0.2, -0.15) is 0 Å². The Kier molecular flexibility index (Phi) is 6.89. The van der Waals surface area contributed by atoms with Gasteiger partial charge in [-0.25, -0.2) is 13.6 Å². The van der Waals surface area contributed by atoms with Crippen LogP contribution in [0.2, 0.25) is 0 Å². The van der Waals surface area contributed by atoms with Gasteiger partial charge < -0.3 is 21.1 Å². The number of nitrogens with two attached hydrogens (primary N) is 1. The van der Waals surface area contributed by atoms with Crippen molar-refractivity contribution in [1.29, 1.82) is 0 Å². The Morgan fingerprint density at radius 1 is 1.22 bits per heavy atom. The molecular weight excluding hydrogens is 422 g/mol. The first kappa shape index (κ1) is 20.4. The first-order chi connectivity index (χ1) is 12.9. The molecule has 0 aliphatic carbocycles. The van der Waals surface area contributed by atoms with Crippen LogP contribution in [0.1, 0.15) is 5.56 Å². The van der Waals surface area contributed by atoms with Crippen molar-refractivity contribution < 1.29 is 18.3 Å². The molecule has 2 aromatic rings. The maximum atomic E-state index is 13.7. The number of hydrogen-bond acceptors (Lipinski definition) is 4. The van der Waals surface area contributed by atoms with Crippen molar-refractivity contribution in [1.82, 2.24) is 0 Å². The van der Waals surface area contributed by atoms with Crippen molar-refractivity contribution in [2.75, 3.05) is 24.8 Å². The minimum atomic E-state index is -0.877. The summed E-state index contributed by atoms with van der Waals surface area (Å²) in [5.41, 5.74) is 6.89. The molecule has 2 rings (SSSR count). The number of ether oxygens (including phenoxy) is 1. The van der Waals surface area contributed by atoms with E-state index in [-0.39, 0.29) is 5.69 Å². The maximum absolute atomic E-state index is 13.7. The smallest absolute Gasteiger partial charge is 0.323 e. The van der Waals surface area contributed by atoms with Crippen molar-refractivity contribution in [3.63, 3.8) is 0 Å². The van der Waals surface area contributed by atoms with Gasteiger partial charge in [0.1, 0.15) is 17.4 Å². The van der Waals surface area contributed by atoms with Crippen LogP contribution in [0.3, 0.4) is 0 Å². The van der Waals surface area contributed by atoms with Crippen molar-refractivity contribution in [2.24, 2.45) is 10.7 Å². The molecule has 2 amide bonds. The van der Waals surface area contributed by atoms with Gasteiger partial charge in [-0.15, -0.1) is 0 Å². The Morgan fingerprint density at radius 2 is 1.96 bits per heavy atom. The van der Waals surface area contributed by atoms with Gasteiger partial charge in [0.05, 0.1) is 23.0 Å². The van der Waals surface area contributed by atoms with Gasteiger partial charge >= 0.3 is 6.03 Å². The van der Waals surface area contributed by atoms with Crippen molar-refractivity contribution >= 4 is 39.0 Å². The average molecular weight is 439 g/mol. The Labute approximate surface area is 163 Å². The Hall–Kier alpha value is -2.94. The predicted octanol–water partition coefficient (Wildman–Crippen LogP) is 4.23. The van der Waals surface area contributed by atoms with Gasteiger partial charge in [0, 0.05) is 30.6 Å². The molecule has 2 aromatic carbocycles. The monoisotopic (exact) mass is 438 g/mol. The van der Waals surface area contributed by atoms with Crippen LogP contribution in [0, 0.1) is 11.6 Å². The second-order valence-corrected chi connectivity index (χ2v) is 6.06. The van der Waals surface area contributed by atoms with E-state index in [9.17, 15) is 13.6 Å². The number of nitrogens with one attached hydrogen (secondary N) is 2. The molecule has 27 heavy (non-hydrogen) atoms. The van der Waals surface area contributed by atoms with Gasteiger partial charge in [-0.1, -0.05) is 0 Å². The van der Waals surface area contributed by atoms with E-state index in [0.29, 0.717) is 33.3 Å². The topological polar surface area (TPSA) is 88.7 Å². The van der Waals surface area contributed by atoms with Crippen LogP contribution in [0.4, 0.5) is 25.0 Å². The molecule has 9 heteroatoms. The number of carbonyl (C=O) groups excluding carboxylic acids is 1. The van der Waals surface area contributed by atoms with E-state index in [1.807, 2.05) is 0 Å². The summed E-state index contributed by atoms with van der Waals surface area (Å²) in [4.78, 5) is 16.3. The van der Waals surface area contributed by atoms with Crippen LogP contribution in [0.25, 0.3) is 0 Å². The molecular formula is C18H17BrF2N4O2. The number of anilines is 2. The quantitative estimate of drug-likeness (QED) is 0.610. The number of benzene rings is 2. The number of hydrogen-bond donors (Lipinski definition) is 3. The van der Waals surface area contributed by atoms with Crippen molar-refractivity contribution in [3.05, 3.63) is 64.3 Å². The molecule has 0 unspecified atom stereocenters. The highest BCUT2D eigenvalue weighted by Gasteiger charge is 2.15. The lowest BCUT2D eigenvalue weighted by Crippen LogP contribution is -2.20. The second kappa shape index (κ2) is 9.13. The zero-order chi connectivity index (χ0) is 20.0. The first-order valence-corrected chi connectivity index (χ1v) is 8.45. The fraction of sp³-hybridized carbons (Fsp3) is 0.111. The summed E-state index contributed by atoms with van der Waals surface area (Å²) in [5, 5.41) is 4.89. The van der Waals surface area contributed by atoms with E-state index >= 15 is 0 Å². The lowest BCUT2D eigenvalue weighted by molar-refractivity contribution is 0.262. The molecule has 0 saturated carbocycles. The molecule has 0 fully saturated rings. The molecule has 0 aliphatic rings. The van der Waals surface area contributed by atoms with Crippen LogP contribution in [0.15, 0.2) is 52.1 Å². The highest BCUT2D eigenvalue weighted by atomic mass is 79.9. The number of allylic oxidation sites excluding steroid dienone is 1. The molecule has 0 radical (unpaired) electrons. The third-order valence-corrected chi connectivity index (χ3v) is 4.13. The second-order valence-electron chi connectivity index (χ2n) is 5.21. The van der Waals surface area contributed by atoms with E-state index < -0.39 is 17.7 Å². The van der Waals surface area contributed by atoms with Crippen LogP contribution >= 0.6 is 15.9 Å². The summed E-state index contributed by atoms with van der Waals surface area (Å²) in [6.07, 6.45) is 1.34. The van der Waals surface area contributed by atoms with E-state index in [2.05, 4.69) is 31.6 Å². The third-order valence-electron chi connectivity index (χ3n) is 3.49. The third kappa shape index (κ3) is 5.04. The normalized spacial score (nSPS) is 11.9. The summed E-state index contributed by atoms with van der Waals surface area (Å²) in [6.45, 7) is 0. The zero-order valence-electron chi connectivity index (χ0n) is 14.5. The van der Waals surface area contributed by atoms with Crippen LogP contribution in [0.5, 0.6) is 5.75 Å². The van der Waals surface area contributed by atoms with E-state index in [1.165, 1.54) is 13.3 Å². The fourth-order valence-electron chi connectivity index (χ4n) is 2.28. The molecule has 4 N–H and O–H groups in total. The molecule has 0 aliphatic heterocycles. The molecule has 0 atom stereocenters. The lowest BCUT2D eigenvalue weighted by Gasteiger charge is -2.14. The van der Waals surface area contributed by atoms with Crippen molar-refractivity contribution in [2.45, 2.75) is 0 Å². The van der Waals surface area contributed by atoms with Crippen LogP contribution in [-0.4, -0.2) is 25.9 Å². The lowest BCUT2D eigenvalue weighted by atomic mass is 10.1. The number of rotatable bonds is 5. The molecule has 0 spiro atoms. The number of nitrogens with zero attached hydrogens (tertiary/aromatic N) is 1. The SMILES string of the molecule is CN=C(C(Br)=CN)c1cc(NC(=O)Nc2ccc(F)cc2F)ccc1OC. The highest BCUT2D eigenvalue weighted by Crippen LogP contribution is 2.27. The number of urea groups is 1. The maximum Gasteiger partial charge on any atom is 0.323 e. The zero-order valence-corrected chi connectivity index (χ0v) is 16.1. The van der Waals surface area contributed by atoms with E-state index in [1.54, 1.807) is 25.2 Å². The summed E-state index contributed by atoms with van der Waals surface area (Å²) in [6, 6.07) is 7.05. The average Bonchev–Trinajstić information content (AvgIpc) is 2.64. The predicted molar refractivity (Wildman–Crippen MR) is 106 cm³/mol. The molecule has 0 bridgehead atoms. The fourth-order valence-corrected chi connectivity index (χ4v) is 2.67. The molecule has 0 heterocycles. The van der Waals surface area contributed by atoms with Gasteiger partial charge in [0.25, 0.3) is 0 Å². The van der Waals surface area contributed by atoms with Gasteiger partial charge in [-0.3, -0.25) is 4.99 Å². The van der Waals surface area contributed by atoms with Crippen molar-refractivity contribution in [3.8, 4) is 5.75 Å². The standard InChI is InChI=1S/C18H17BrF2N4O2/c1-23-17(13(19)9-22)12-8-11(4-6-16(12)27-2)24-18(26)25-15-5-3-10(20)7-14(15)21/h3-9H,22H2,1-2H3,(H2,24,25,26). The molecule has 142 valence electrons. The summed E-state index contributed by atoms with van der Waals surface area (Å²) in [5.74, 6) is -1.09.